The Hall–Kier alpha value is -2.11. The smallest absolute Gasteiger partial charge is 0.0737 e. The van der Waals surface area contributed by atoms with Crippen molar-refractivity contribution in [3.8, 4) is 0 Å². The van der Waals surface area contributed by atoms with Crippen LogP contribution in [0.4, 0.5) is 5.69 Å². The first-order valence-corrected chi connectivity index (χ1v) is 10.4. The Morgan fingerprint density at radius 3 is 2.00 bits per heavy atom. The van der Waals surface area contributed by atoms with E-state index in [-0.39, 0.29) is 0 Å². The van der Waals surface area contributed by atoms with Crippen molar-refractivity contribution in [3.05, 3.63) is 76.0 Å². The molecule has 1 N–H and O–H groups in total. The van der Waals surface area contributed by atoms with Crippen LogP contribution in [-0.4, -0.2) is 36.1 Å². The highest BCUT2D eigenvalue weighted by Crippen LogP contribution is 2.27. The average Bonchev–Trinajstić information content (AvgIpc) is 2.74. The highest BCUT2D eigenvalue weighted by molar-refractivity contribution is 6.36. The number of nitrogens with one attached hydrogen (secondary N) is 1. The van der Waals surface area contributed by atoms with Gasteiger partial charge in [-0.05, 0) is 48.5 Å². The van der Waals surface area contributed by atoms with Crippen molar-refractivity contribution in [2.24, 2.45) is 0 Å². The SMILES string of the molecule is Clc1ccc2c(Cl)ccnc2c1.Clc1ccc2c(N3CCNCC3)ccnc2c1. The highest BCUT2D eigenvalue weighted by atomic mass is 35.5. The molecule has 148 valence electrons. The highest BCUT2D eigenvalue weighted by Gasteiger charge is 2.13. The van der Waals surface area contributed by atoms with Crippen LogP contribution < -0.4 is 10.2 Å². The molecule has 2 aromatic heterocycles. The van der Waals surface area contributed by atoms with Crippen LogP contribution in [0.15, 0.2) is 60.9 Å². The summed E-state index contributed by atoms with van der Waals surface area (Å²) < 4.78 is 0. The molecular weight excluding hydrogens is 427 g/mol. The molecule has 4 aromatic rings. The lowest BCUT2D eigenvalue weighted by Crippen LogP contribution is -2.43. The second kappa shape index (κ2) is 9.14. The Morgan fingerprint density at radius 1 is 0.724 bits per heavy atom. The molecule has 2 aromatic carbocycles. The van der Waals surface area contributed by atoms with Gasteiger partial charge in [-0.3, -0.25) is 9.97 Å². The third kappa shape index (κ3) is 4.73. The summed E-state index contributed by atoms with van der Waals surface area (Å²) in [5.74, 6) is 0. The van der Waals surface area contributed by atoms with Crippen LogP contribution >= 0.6 is 34.8 Å². The number of aromatic nitrogens is 2. The second-order valence-corrected chi connectivity index (χ2v) is 7.96. The van der Waals surface area contributed by atoms with Crippen molar-refractivity contribution >= 4 is 62.3 Å². The van der Waals surface area contributed by atoms with Crippen LogP contribution in [0, 0.1) is 0 Å². The molecule has 0 spiro atoms. The van der Waals surface area contributed by atoms with Gasteiger partial charge in [0.05, 0.1) is 16.1 Å². The van der Waals surface area contributed by atoms with E-state index in [0.29, 0.717) is 10.0 Å². The Balaban J connectivity index is 0.000000150. The number of rotatable bonds is 1. The number of benzene rings is 2. The van der Waals surface area contributed by atoms with E-state index in [9.17, 15) is 0 Å². The van der Waals surface area contributed by atoms with Crippen molar-refractivity contribution < 1.29 is 0 Å². The molecule has 7 heteroatoms. The number of fused-ring (bicyclic) bond motifs is 2. The lowest BCUT2D eigenvalue weighted by molar-refractivity contribution is 0.590. The maximum Gasteiger partial charge on any atom is 0.0737 e. The van der Waals surface area contributed by atoms with Crippen LogP contribution in [0.25, 0.3) is 21.8 Å². The maximum absolute atomic E-state index is 5.99. The van der Waals surface area contributed by atoms with Crippen LogP contribution in [0.5, 0.6) is 0 Å². The summed E-state index contributed by atoms with van der Waals surface area (Å²) in [4.78, 5) is 10.9. The van der Waals surface area contributed by atoms with Gasteiger partial charge in [-0.1, -0.05) is 34.8 Å². The first-order chi connectivity index (χ1) is 14.1. The monoisotopic (exact) mass is 444 g/mol. The minimum absolute atomic E-state index is 0.678. The number of piperazine rings is 1. The molecular formula is C22H19Cl3N4. The quantitative estimate of drug-likeness (QED) is 0.399. The number of nitrogens with zero attached hydrogens (tertiary/aromatic N) is 3. The van der Waals surface area contributed by atoms with Crippen LogP contribution in [0.1, 0.15) is 0 Å². The average molecular weight is 446 g/mol. The largest absolute Gasteiger partial charge is 0.368 e. The molecule has 1 fully saturated rings. The lowest BCUT2D eigenvalue weighted by Gasteiger charge is -2.30. The number of hydrogen-bond acceptors (Lipinski definition) is 4. The molecule has 1 saturated heterocycles. The molecule has 1 aliphatic rings. The fourth-order valence-electron chi connectivity index (χ4n) is 3.37. The summed E-state index contributed by atoms with van der Waals surface area (Å²) in [5, 5.41) is 7.60. The minimum Gasteiger partial charge on any atom is -0.368 e. The Morgan fingerprint density at radius 2 is 1.31 bits per heavy atom. The summed E-state index contributed by atoms with van der Waals surface area (Å²) >= 11 is 17.7. The maximum atomic E-state index is 5.99. The van der Waals surface area contributed by atoms with Gasteiger partial charge in [-0.15, -0.1) is 0 Å². The Labute approximate surface area is 184 Å². The van der Waals surface area contributed by atoms with Crippen molar-refractivity contribution in [1.82, 2.24) is 15.3 Å². The van der Waals surface area contributed by atoms with Gasteiger partial charge in [0.15, 0.2) is 0 Å². The molecule has 29 heavy (non-hydrogen) atoms. The molecule has 0 atom stereocenters. The van der Waals surface area contributed by atoms with Gasteiger partial charge in [0.2, 0.25) is 0 Å². The van der Waals surface area contributed by atoms with Crippen LogP contribution in [0.3, 0.4) is 0 Å². The zero-order valence-electron chi connectivity index (χ0n) is 15.6. The van der Waals surface area contributed by atoms with Gasteiger partial charge >= 0.3 is 0 Å². The second-order valence-electron chi connectivity index (χ2n) is 6.68. The van der Waals surface area contributed by atoms with Gasteiger partial charge in [0, 0.05) is 65.1 Å². The first-order valence-electron chi connectivity index (χ1n) is 9.31. The summed E-state index contributed by atoms with van der Waals surface area (Å²) in [6.45, 7) is 4.16. The topological polar surface area (TPSA) is 41.1 Å². The summed E-state index contributed by atoms with van der Waals surface area (Å²) in [6.07, 6.45) is 3.52. The van der Waals surface area contributed by atoms with E-state index in [1.54, 1.807) is 24.4 Å². The van der Waals surface area contributed by atoms with Crippen molar-refractivity contribution in [2.45, 2.75) is 0 Å². The minimum atomic E-state index is 0.678. The number of anilines is 1. The van der Waals surface area contributed by atoms with E-state index >= 15 is 0 Å². The van der Waals surface area contributed by atoms with Gasteiger partial charge in [0.1, 0.15) is 0 Å². The molecule has 0 amide bonds. The van der Waals surface area contributed by atoms with Gasteiger partial charge < -0.3 is 10.2 Å². The number of halogens is 3. The summed E-state index contributed by atoms with van der Waals surface area (Å²) in [7, 11) is 0. The molecule has 0 bridgehead atoms. The standard InChI is InChI=1S/C13H14ClN3.C9H5Cl2N/c14-10-1-2-11-12(9-10)16-4-3-13(11)17-7-5-15-6-8-17;10-6-1-2-7-8(11)3-4-12-9(7)5-6/h1-4,9,15H,5-8H2;1-5H. The first kappa shape index (κ1) is 20.2. The Bertz CT molecular complexity index is 1140. The number of hydrogen-bond donors (Lipinski definition) is 1. The van der Waals surface area contributed by atoms with Crippen LogP contribution in [0.2, 0.25) is 15.1 Å². The zero-order chi connectivity index (χ0) is 20.2. The van der Waals surface area contributed by atoms with Gasteiger partial charge in [-0.2, -0.15) is 0 Å². The third-order valence-corrected chi connectivity index (χ3v) is 5.59. The fraction of sp³-hybridized carbons (Fsp3) is 0.182. The zero-order valence-corrected chi connectivity index (χ0v) is 17.8. The van der Waals surface area contributed by atoms with Crippen LogP contribution in [-0.2, 0) is 0 Å². The van der Waals surface area contributed by atoms with E-state index in [1.807, 2.05) is 24.4 Å². The van der Waals surface area contributed by atoms with Crippen molar-refractivity contribution in [2.75, 3.05) is 31.1 Å². The van der Waals surface area contributed by atoms with Crippen molar-refractivity contribution in [3.63, 3.8) is 0 Å². The van der Waals surface area contributed by atoms with E-state index < -0.39 is 0 Å². The molecule has 0 saturated carbocycles. The van der Waals surface area contributed by atoms with Crippen molar-refractivity contribution in [1.29, 1.82) is 0 Å². The molecule has 3 heterocycles. The third-order valence-electron chi connectivity index (χ3n) is 4.79. The lowest BCUT2D eigenvalue weighted by atomic mass is 10.1. The molecule has 5 rings (SSSR count). The van der Waals surface area contributed by atoms with E-state index in [4.69, 9.17) is 34.8 Å². The molecule has 0 aliphatic carbocycles. The van der Waals surface area contributed by atoms with E-state index in [1.165, 1.54) is 11.1 Å². The normalized spacial score (nSPS) is 14.0. The molecule has 4 nitrogen and oxygen atoms in total. The number of pyridine rings is 2. The molecule has 1 aliphatic heterocycles. The van der Waals surface area contributed by atoms with Gasteiger partial charge in [0.25, 0.3) is 0 Å². The van der Waals surface area contributed by atoms with E-state index in [2.05, 4.69) is 32.3 Å². The Kier molecular flexibility index (Phi) is 6.36. The van der Waals surface area contributed by atoms with Gasteiger partial charge in [-0.25, -0.2) is 0 Å². The molecule has 0 unspecified atom stereocenters. The summed E-state index contributed by atoms with van der Waals surface area (Å²) in [5.41, 5.74) is 3.05. The predicted molar refractivity (Wildman–Crippen MR) is 124 cm³/mol. The predicted octanol–water partition coefficient (Wildman–Crippen LogP) is 5.84. The molecule has 0 radical (unpaired) electrons. The summed E-state index contributed by atoms with van der Waals surface area (Å²) in [6, 6.07) is 15.2. The fourth-order valence-corrected chi connectivity index (χ4v) is 3.92. The van der Waals surface area contributed by atoms with E-state index in [0.717, 1.165) is 47.6 Å².